The Bertz CT molecular complexity index is 1970. The third-order valence-corrected chi connectivity index (χ3v) is 7.83. The molecule has 0 fully saturated rings. The van der Waals surface area contributed by atoms with Gasteiger partial charge in [0.2, 0.25) is 0 Å². The molecule has 8 rings (SSSR count). The minimum Gasteiger partial charge on any atom is -0.456 e. The Hall–Kier alpha value is -4.37. The first kappa shape index (κ1) is 19.0. The van der Waals surface area contributed by atoms with Crippen molar-refractivity contribution in [1.29, 1.82) is 0 Å². The molecule has 0 saturated heterocycles. The van der Waals surface area contributed by atoms with Crippen molar-refractivity contribution >= 4 is 43.7 Å². The van der Waals surface area contributed by atoms with E-state index in [-0.39, 0.29) is 5.41 Å². The summed E-state index contributed by atoms with van der Waals surface area (Å²) in [5, 5.41) is 4.86. The van der Waals surface area contributed by atoms with E-state index in [0.29, 0.717) is 0 Å². The topological polar surface area (TPSA) is 31.0 Å². The fraction of sp³-hybridized carbons (Fsp3) is 0.0938. The van der Waals surface area contributed by atoms with Crippen LogP contribution in [0.4, 0.5) is 0 Å². The zero-order valence-corrected chi connectivity index (χ0v) is 19.5. The molecule has 7 aromatic rings. The maximum atomic E-state index is 6.73. The van der Waals surface area contributed by atoms with Crippen LogP contribution in [0, 0.1) is 0 Å². The largest absolute Gasteiger partial charge is 0.456 e. The predicted molar refractivity (Wildman–Crippen MR) is 143 cm³/mol. The van der Waals surface area contributed by atoms with Crippen LogP contribution in [-0.2, 0) is 5.41 Å². The number of para-hydroxylation sites is 2. The molecule has 0 unspecified atom stereocenters. The van der Waals surface area contributed by atoms with Crippen LogP contribution in [0.25, 0.3) is 60.6 Å². The van der Waals surface area contributed by atoms with E-state index in [1.54, 1.807) is 0 Å². The summed E-state index contributed by atoms with van der Waals surface area (Å²) in [4.78, 5) is 4.47. The number of nitrogens with zero attached hydrogens (tertiary/aromatic N) is 2. The number of benzene rings is 4. The summed E-state index contributed by atoms with van der Waals surface area (Å²) in [6.45, 7) is 4.66. The molecule has 1 aliphatic rings. The lowest BCUT2D eigenvalue weighted by Crippen LogP contribution is -2.15. The Balaban J connectivity index is 1.76. The van der Waals surface area contributed by atoms with Crippen LogP contribution in [-0.4, -0.2) is 9.55 Å². The summed E-state index contributed by atoms with van der Waals surface area (Å²) >= 11 is 0. The molecule has 0 bridgehead atoms. The van der Waals surface area contributed by atoms with Crippen molar-refractivity contribution < 1.29 is 4.42 Å². The molecule has 1 aliphatic carbocycles. The number of pyridine rings is 1. The Labute approximate surface area is 202 Å². The molecule has 0 aliphatic heterocycles. The van der Waals surface area contributed by atoms with E-state index in [1.165, 1.54) is 49.4 Å². The van der Waals surface area contributed by atoms with E-state index in [1.807, 2.05) is 18.5 Å². The normalized spacial score (nSPS) is 14.2. The summed E-state index contributed by atoms with van der Waals surface area (Å²) in [6, 6.07) is 30.2. The van der Waals surface area contributed by atoms with E-state index >= 15 is 0 Å². The number of furan rings is 1. The van der Waals surface area contributed by atoms with Gasteiger partial charge in [-0.2, -0.15) is 0 Å². The van der Waals surface area contributed by atoms with Crippen LogP contribution >= 0.6 is 0 Å². The fourth-order valence-electron chi connectivity index (χ4n) is 6.43. The van der Waals surface area contributed by atoms with Crippen molar-refractivity contribution in [3.05, 3.63) is 108 Å². The number of hydrogen-bond acceptors (Lipinski definition) is 2. The first-order valence-electron chi connectivity index (χ1n) is 12.1. The molecule has 0 spiro atoms. The highest BCUT2D eigenvalue weighted by molar-refractivity contribution is 6.30. The van der Waals surface area contributed by atoms with Crippen LogP contribution in [0.1, 0.15) is 25.0 Å². The van der Waals surface area contributed by atoms with Crippen molar-refractivity contribution in [2.75, 3.05) is 0 Å². The van der Waals surface area contributed by atoms with Crippen molar-refractivity contribution in [2.45, 2.75) is 19.3 Å². The highest BCUT2D eigenvalue weighted by atomic mass is 16.3. The van der Waals surface area contributed by atoms with Crippen LogP contribution < -0.4 is 0 Å². The van der Waals surface area contributed by atoms with Gasteiger partial charge in [0.15, 0.2) is 0 Å². The maximum absolute atomic E-state index is 6.73. The molecule has 3 heteroatoms. The second kappa shape index (κ2) is 6.39. The van der Waals surface area contributed by atoms with Crippen molar-refractivity contribution in [1.82, 2.24) is 9.55 Å². The lowest BCUT2D eigenvalue weighted by Gasteiger charge is -2.21. The van der Waals surface area contributed by atoms with Gasteiger partial charge in [-0.15, -0.1) is 0 Å². The Morgan fingerprint density at radius 3 is 2.40 bits per heavy atom. The summed E-state index contributed by atoms with van der Waals surface area (Å²) in [7, 11) is 0. The third-order valence-electron chi connectivity index (χ3n) is 7.83. The molecule has 0 N–H and O–H groups in total. The van der Waals surface area contributed by atoms with E-state index in [0.717, 1.165) is 22.2 Å². The number of hydrogen-bond donors (Lipinski definition) is 0. The molecular weight excluding hydrogens is 428 g/mol. The van der Waals surface area contributed by atoms with E-state index in [9.17, 15) is 0 Å². The summed E-state index contributed by atoms with van der Waals surface area (Å²) in [6.07, 6.45) is 3.78. The number of aromatic nitrogens is 2. The minimum absolute atomic E-state index is 0.177. The van der Waals surface area contributed by atoms with Gasteiger partial charge in [0.25, 0.3) is 0 Å². The average molecular weight is 451 g/mol. The summed E-state index contributed by atoms with van der Waals surface area (Å²) in [5.74, 6) is 0. The lowest BCUT2D eigenvalue weighted by atomic mass is 9.81. The second-order valence-corrected chi connectivity index (χ2v) is 10.0. The Morgan fingerprint density at radius 2 is 1.54 bits per heavy atom. The first-order valence-corrected chi connectivity index (χ1v) is 12.1. The molecule has 3 nitrogen and oxygen atoms in total. The highest BCUT2D eigenvalue weighted by Crippen LogP contribution is 2.57. The molecule has 0 amide bonds. The lowest BCUT2D eigenvalue weighted by molar-refractivity contribution is 0.620. The summed E-state index contributed by atoms with van der Waals surface area (Å²) < 4.78 is 9.10. The zero-order chi connectivity index (χ0) is 23.3. The molecule has 0 atom stereocenters. The van der Waals surface area contributed by atoms with Crippen molar-refractivity contribution in [3.63, 3.8) is 0 Å². The fourth-order valence-corrected chi connectivity index (χ4v) is 6.43. The molecule has 166 valence electrons. The predicted octanol–water partition coefficient (Wildman–Crippen LogP) is 8.38. The SMILES string of the molecule is CC1(C)c2ccccc2-c2c1c1oc3ccccc3c1c1c2c2ccccc2n1-c1cccnc1. The van der Waals surface area contributed by atoms with Crippen molar-refractivity contribution in [2.24, 2.45) is 0 Å². The van der Waals surface area contributed by atoms with Gasteiger partial charge in [-0.05, 0) is 41.0 Å². The molecule has 3 aromatic heterocycles. The van der Waals surface area contributed by atoms with E-state index in [4.69, 9.17) is 4.42 Å². The van der Waals surface area contributed by atoms with Gasteiger partial charge in [0, 0.05) is 33.3 Å². The first-order chi connectivity index (χ1) is 17.2. The Kier molecular flexibility index (Phi) is 3.47. The Morgan fingerprint density at radius 1 is 0.771 bits per heavy atom. The summed E-state index contributed by atoms with van der Waals surface area (Å²) in [5.41, 5.74) is 10.4. The van der Waals surface area contributed by atoms with Crippen LogP contribution in [0.5, 0.6) is 0 Å². The molecule has 35 heavy (non-hydrogen) atoms. The van der Waals surface area contributed by atoms with Crippen LogP contribution in [0.3, 0.4) is 0 Å². The van der Waals surface area contributed by atoms with Crippen LogP contribution in [0.2, 0.25) is 0 Å². The molecule has 0 saturated carbocycles. The van der Waals surface area contributed by atoms with Crippen molar-refractivity contribution in [3.8, 4) is 16.8 Å². The molecule has 4 aromatic carbocycles. The smallest absolute Gasteiger partial charge is 0.142 e. The van der Waals surface area contributed by atoms with Gasteiger partial charge in [-0.1, -0.05) is 74.5 Å². The standard InChI is InChI=1S/C32H22N2O/c1-32(2)23-14-6-3-11-20(23)26-27-21-12-4-7-15-24(21)34(19-10-9-17-33-18-19)30(27)28-22-13-5-8-16-25(22)35-31(28)29(26)32/h3-18H,1-2H3. The highest BCUT2D eigenvalue weighted by Gasteiger charge is 2.41. The van der Waals surface area contributed by atoms with Gasteiger partial charge in [-0.3, -0.25) is 4.98 Å². The second-order valence-electron chi connectivity index (χ2n) is 10.0. The number of fused-ring (bicyclic) bond motifs is 12. The zero-order valence-electron chi connectivity index (χ0n) is 19.5. The average Bonchev–Trinajstić information content (AvgIpc) is 3.51. The monoisotopic (exact) mass is 450 g/mol. The van der Waals surface area contributed by atoms with Gasteiger partial charge < -0.3 is 8.98 Å². The quantitative estimate of drug-likeness (QED) is 0.251. The third kappa shape index (κ3) is 2.23. The van der Waals surface area contributed by atoms with Gasteiger partial charge in [-0.25, -0.2) is 0 Å². The number of rotatable bonds is 1. The molecule has 0 radical (unpaired) electrons. The minimum atomic E-state index is -0.177. The maximum Gasteiger partial charge on any atom is 0.142 e. The molecule has 3 heterocycles. The van der Waals surface area contributed by atoms with E-state index in [2.05, 4.69) is 102 Å². The van der Waals surface area contributed by atoms with Gasteiger partial charge in [0.1, 0.15) is 11.2 Å². The molecular formula is C32H22N2O. The van der Waals surface area contributed by atoms with Crippen LogP contribution in [0.15, 0.2) is 102 Å². The van der Waals surface area contributed by atoms with Gasteiger partial charge in [0.05, 0.1) is 28.3 Å². The van der Waals surface area contributed by atoms with E-state index < -0.39 is 0 Å². The van der Waals surface area contributed by atoms with Gasteiger partial charge >= 0.3 is 0 Å².